The van der Waals surface area contributed by atoms with Gasteiger partial charge in [-0.15, -0.1) is 0 Å². The summed E-state index contributed by atoms with van der Waals surface area (Å²) in [7, 11) is 0. The Morgan fingerprint density at radius 1 is 1.12 bits per heavy atom. The number of rotatable bonds is 2. The zero-order valence-electron chi connectivity index (χ0n) is 9.84. The van der Waals surface area contributed by atoms with Crippen molar-refractivity contribution in [1.82, 2.24) is 20.2 Å². The molecule has 0 aliphatic heterocycles. The van der Waals surface area contributed by atoms with E-state index in [1.165, 1.54) is 38.5 Å². The fourth-order valence-corrected chi connectivity index (χ4v) is 4.92. The van der Waals surface area contributed by atoms with Crippen molar-refractivity contribution in [2.45, 2.75) is 44.1 Å². The first-order valence-electron chi connectivity index (χ1n) is 6.54. The zero-order valence-corrected chi connectivity index (χ0v) is 9.84. The van der Waals surface area contributed by atoms with Crippen LogP contribution in [0.5, 0.6) is 0 Å². The highest BCUT2D eigenvalue weighted by Gasteiger charge is 2.53. The molecule has 4 bridgehead atoms. The van der Waals surface area contributed by atoms with Crippen LogP contribution < -0.4 is 11.3 Å². The van der Waals surface area contributed by atoms with Crippen LogP contribution in [0.15, 0.2) is 0 Å². The van der Waals surface area contributed by atoms with Gasteiger partial charge in [0.15, 0.2) is 0 Å². The monoisotopic (exact) mass is 234 g/mol. The Bertz CT molecular complexity index is 404. The van der Waals surface area contributed by atoms with Crippen LogP contribution in [0.1, 0.15) is 38.5 Å². The van der Waals surface area contributed by atoms with Crippen LogP contribution in [-0.2, 0) is 5.54 Å². The third kappa shape index (κ3) is 1.27. The molecule has 4 aliphatic rings. The van der Waals surface area contributed by atoms with E-state index in [4.69, 9.17) is 5.84 Å². The van der Waals surface area contributed by atoms with Crippen LogP contribution in [0.2, 0.25) is 0 Å². The van der Waals surface area contributed by atoms with Crippen LogP contribution in [0.25, 0.3) is 0 Å². The third-order valence-electron chi connectivity index (χ3n) is 5.05. The van der Waals surface area contributed by atoms with E-state index >= 15 is 0 Å². The molecule has 1 aromatic rings. The lowest BCUT2D eigenvalue weighted by atomic mass is 9.53. The number of nitrogens with zero attached hydrogens (tertiary/aromatic N) is 4. The minimum absolute atomic E-state index is 0.153. The first-order valence-corrected chi connectivity index (χ1v) is 6.54. The number of nitrogen functional groups attached to an aromatic ring is 1. The average molecular weight is 234 g/mol. The molecule has 0 atom stereocenters. The van der Waals surface area contributed by atoms with Gasteiger partial charge in [-0.25, -0.2) is 10.5 Å². The highest BCUT2D eigenvalue weighted by molar-refractivity contribution is 5.22. The lowest BCUT2D eigenvalue weighted by Gasteiger charge is -2.56. The number of hydrogen-bond acceptors (Lipinski definition) is 5. The maximum absolute atomic E-state index is 5.50. The predicted molar refractivity (Wildman–Crippen MR) is 61.8 cm³/mol. The SMILES string of the molecule is NNc1nnnn1C12CC3CC(CC(C3)C1)C2. The van der Waals surface area contributed by atoms with Gasteiger partial charge in [0.1, 0.15) is 0 Å². The van der Waals surface area contributed by atoms with Crippen LogP contribution in [0.3, 0.4) is 0 Å². The second kappa shape index (κ2) is 3.19. The van der Waals surface area contributed by atoms with Crippen molar-refractivity contribution >= 4 is 5.95 Å². The fraction of sp³-hybridized carbons (Fsp3) is 0.909. The minimum atomic E-state index is 0.153. The predicted octanol–water partition coefficient (Wildman–Crippen LogP) is 0.884. The number of hydrazine groups is 1. The van der Waals surface area contributed by atoms with E-state index in [1.54, 1.807) is 0 Å². The maximum atomic E-state index is 5.50. The number of aromatic nitrogens is 4. The van der Waals surface area contributed by atoms with E-state index in [-0.39, 0.29) is 5.54 Å². The van der Waals surface area contributed by atoms with Gasteiger partial charge in [0, 0.05) is 0 Å². The first-order chi connectivity index (χ1) is 8.29. The van der Waals surface area contributed by atoms with Crippen LogP contribution in [-0.4, -0.2) is 20.2 Å². The number of anilines is 1. The van der Waals surface area contributed by atoms with E-state index in [0.717, 1.165) is 17.8 Å². The minimum Gasteiger partial charge on any atom is -0.291 e. The van der Waals surface area contributed by atoms with Crippen LogP contribution in [0.4, 0.5) is 5.95 Å². The topological polar surface area (TPSA) is 81.7 Å². The Kier molecular flexibility index (Phi) is 1.84. The van der Waals surface area contributed by atoms with Gasteiger partial charge in [-0.2, -0.15) is 0 Å². The van der Waals surface area contributed by atoms with Gasteiger partial charge in [-0.3, -0.25) is 5.43 Å². The van der Waals surface area contributed by atoms with Crippen molar-refractivity contribution in [3.05, 3.63) is 0 Å². The van der Waals surface area contributed by atoms with Gasteiger partial charge < -0.3 is 0 Å². The Morgan fingerprint density at radius 2 is 1.71 bits per heavy atom. The molecule has 4 fully saturated rings. The molecule has 0 amide bonds. The summed E-state index contributed by atoms with van der Waals surface area (Å²) in [6, 6.07) is 0. The van der Waals surface area contributed by atoms with E-state index < -0.39 is 0 Å². The highest BCUT2D eigenvalue weighted by Crippen LogP contribution is 2.58. The molecule has 1 aromatic heterocycles. The number of nitrogens with one attached hydrogen (secondary N) is 1. The largest absolute Gasteiger partial charge is 0.291 e. The summed E-state index contributed by atoms with van der Waals surface area (Å²) in [6.45, 7) is 0. The summed E-state index contributed by atoms with van der Waals surface area (Å²) in [5, 5.41) is 11.9. The number of hydrogen-bond donors (Lipinski definition) is 2. The Balaban J connectivity index is 1.77. The molecule has 0 spiro atoms. The summed E-state index contributed by atoms with van der Waals surface area (Å²) >= 11 is 0. The second-order valence-electron chi connectivity index (χ2n) is 6.20. The lowest BCUT2D eigenvalue weighted by molar-refractivity contribution is -0.0491. The third-order valence-corrected chi connectivity index (χ3v) is 5.05. The summed E-state index contributed by atoms with van der Waals surface area (Å²) in [5.74, 6) is 8.77. The van der Waals surface area contributed by atoms with E-state index in [9.17, 15) is 0 Å². The Labute approximate surface area is 99.9 Å². The molecule has 1 heterocycles. The normalized spacial score (nSPS) is 43.0. The Morgan fingerprint density at radius 3 is 2.24 bits per heavy atom. The van der Waals surface area contributed by atoms with Gasteiger partial charge in [0.25, 0.3) is 5.95 Å². The summed E-state index contributed by atoms with van der Waals surface area (Å²) in [5.41, 5.74) is 2.78. The number of nitrogens with two attached hydrogens (primary N) is 1. The molecule has 0 radical (unpaired) electrons. The number of tetrazole rings is 1. The average Bonchev–Trinajstić information content (AvgIpc) is 2.75. The van der Waals surface area contributed by atoms with Crippen molar-refractivity contribution in [3.8, 4) is 0 Å². The van der Waals surface area contributed by atoms with Gasteiger partial charge in [0.2, 0.25) is 0 Å². The molecule has 92 valence electrons. The molecule has 3 N–H and O–H groups in total. The van der Waals surface area contributed by atoms with Crippen LogP contribution >= 0.6 is 0 Å². The highest BCUT2D eigenvalue weighted by atomic mass is 15.6. The molecule has 0 saturated heterocycles. The van der Waals surface area contributed by atoms with Gasteiger partial charge in [-0.1, -0.05) is 5.10 Å². The molecule has 5 rings (SSSR count). The molecule has 6 nitrogen and oxygen atoms in total. The van der Waals surface area contributed by atoms with Gasteiger partial charge in [0.05, 0.1) is 5.54 Å². The molecule has 17 heavy (non-hydrogen) atoms. The quantitative estimate of drug-likeness (QED) is 0.586. The van der Waals surface area contributed by atoms with Gasteiger partial charge in [-0.05, 0) is 66.7 Å². The molecule has 6 heteroatoms. The van der Waals surface area contributed by atoms with Crippen molar-refractivity contribution in [3.63, 3.8) is 0 Å². The molecule has 4 aliphatic carbocycles. The molecule has 4 saturated carbocycles. The summed E-state index contributed by atoms with van der Waals surface area (Å²) in [6.07, 6.45) is 7.97. The molecular weight excluding hydrogens is 216 g/mol. The van der Waals surface area contributed by atoms with Crippen molar-refractivity contribution in [2.24, 2.45) is 23.6 Å². The second-order valence-corrected chi connectivity index (χ2v) is 6.20. The first kappa shape index (κ1) is 9.82. The Hall–Kier alpha value is -1.17. The molecule has 0 aromatic carbocycles. The lowest BCUT2D eigenvalue weighted by Crippen LogP contribution is -2.52. The molecule has 0 unspecified atom stereocenters. The maximum Gasteiger partial charge on any atom is 0.257 e. The van der Waals surface area contributed by atoms with Gasteiger partial charge >= 0.3 is 0 Å². The van der Waals surface area contributed by atoms with Crippen molar-refractivity contribution in [2.75, 3.05) is 5.43 Å². The van der Waals surface area contributed by atoms with E-state index in [1.807, 2.05) is 4.68 Å². The summed E-state index contributed by atoms with van der Waals surface area (Å²) < 4.78 is 1.97. The standard InChI is InChI=1S/C11H18N6/c12-13-10-14-15-16-17(10)11-4-7-1-8(5-11)3-9(2-7)6-11/h7-9H,1-6,12H2,(H,13,14,16). The summed E-state index contributed by atoms with van der Waals surface area (Å²) in [4.78, 5) is 0. The van der Waals surface area contributed by atoms with Crippen molar-refractivity contribution < 1.29 is 0 Å². The zero-order chi connectivity index (χ0) is 11.5. The van der Waals surface area contributed by atoms with E-state index in [0.29, 0.717) is 5.95 Å². The van der Waals surface area contributed by atoms with Crippen LogP contribution in [0, 0.1) is 17.8 Å². The van der Waals surface area contributed by atoms with E-state index in [2.05, 4.69) is 21.0 Å². The van der Waals surface area contributed by atoms with Crippen molar-refractivity contribution in [1.29, 1.82) is 0 Å². The molecular formula is C11H18N6. The smallest absolute Gasteiger partial charge is 0.257 e. The fourth-order valence-electron chi connectivity index (χ4n) is 4.92.